The Hall–Kier alpha value is -2.51. The summed E-state index contributed by atoms with van der Waals surface area (Å²) in [5.74, 6) is -0.696. The Bertz CT molecular complexity index is 541. The molecule has 3 N–H and O–H groups in total. The van der Waals surface area contributed by atoms with Gasteiger partial charge in [-0.2, -0.15) is 0 Å². The van der Waals surface area contributed by atoms with Crippen molar-refractivity contribution >= 4 is 23.6 Å². The lowest BCUT2D eigenvalue weighted by atomic mass is 10.2. The SMILES string of the molecule is CCOC(=O)N1CCN(c2ncc(N)cc2C(=O)O)CC1. The lowest BCUT2D eigenvalue weighted by Crippen LogP contribution is -2.49. The first-order chi connectivity index (χ1) is 10.0. The molecule has 0 atom stereocenters. The Morgan fingerprint density at radius 2 is 2.05 bits per heavy atom. The molecule has 1 aliphatic rings. The van der Waals surface area contributed by atoms with Crippen molar-refractivity contribution < 1.29 is 19.4 Å². The molecule has 2 heterocycles. The first kappa shape index (κ1) is 14.9. The summed E-state index contributed by atoms with van der Waals surface area (Å²) in [7, 11) is 0. The van der Waals surface area contributed by atoms with Crippen molar-refractivity contribution in [3.8, 4) is 0 Å². The van der Waals surface area contributed by atoms with E-state index in [2.05, 4.69) is 4.98 Å². The predicted octanol–water partition coefficient (Wildman–Crippen LogP) is 0.640. The maximum Gasteiger partial charge on any atom is 0.409 e. The quantitative estimate of drug-likeness (QED) is 0.841. The van der Waals surface area contributed by atoms with Gasteiger partial charge in [0.15, 0.2) is 0 Å². The average molecular weight is 294 g/mol. The number of carboxylic acids is 1. The number of aromatic nitrogens is 1. The summed E-state index contributed by atoms with van der Waals surface area (Å²) in [4.78, 5) is 30.4. The number of nitrogens with two attached hydrogens (primary N) is 1. The summed E-state index contributed by atoms with van der Waals surface area (Å²) in [5, 5.41) is 9.22. The smallest absolute Gasteiger partial charge is 0.409 e. The molecule has 1 aromatic heterocycles. The fraction of sp³-hybridized carbons (Fsp3) is 0.462. The van der Waals surface area contributed by atoms with Gasteiger partial charge in [0.25, 0.3) is 0 Å². The van der Waals surface area contributed by atoms with E-state index >= 15 is 0 Å². The van der Waals surface area contributed by atoms with E-state index in [1.54, 1.807) is 11.8 Å². The molecule has 1 fully saturated rings. The molecule has 0 bridgehead atoms. The van der Waals surface area contributed by atoms with Crippen LogP contribution in [0.4, 0.5) is 16.3 Å². The Morgan fingerprint density at radius 1 is 1.38 bits per heavy atom. The van der Waals surface area contributed by atoms with Crippen molar-refractivity contribution in [1.82, 2.24) is 9.88 Å². The summed E-state index contributed by atoms with van der Waals surface area (Å²) < 4.78 is 4.94. The van der Waals surface area contributed by atoms with Crippen LogP contribution in [0, 0.1) is 0 Å². The number of carbonyl (C=O) groups excluding carboxylic acids is 1. The Labute approximate surface area is 122 Å². The number of aromatic carboxylic acids is 1. The molecule has 0 radical (unpaired) electrons. The second-order valence-electron chi connectivity index (χ2n) is 4.62. The maximum atomic E-state index is 11.6. The molecule has 8 nitrogen and oxygen atoms in total. The largest absolute Gasteiger partial charge is 0.478 e. The van der Waals surface area contributed by atoms with Crippen molar-refractivity contribution in [3.63, 3.8) is 0 Å². The van der Waals surface area contributed by atoms with E-state index in [0.29, 0.717) is 44.3 Å². The maximum absolute atomic E-state index is 11.6. The number of ether oxygens (including phenoxy) is 1. The number of anilines is 2. The molecule has 21 heavy (non-hydrogen) atoms. The molecule has 0 aromatic carbocycles. The van der Waals surface area contributed by atoms with Crippen LogP contribution in [-0.4, -0.2) is 59.8 Å². The second kappa shape index (κ2) is 6.29. The van der Waals surface area contributed by atoms with Gasteiger partial charge in [0.1, 0.15) is 11.4 Å². The summed E-state index contributed by atoms with van der Waals surface area (Å²) in [6.07, 6.45) is 1.08. The number of piperazine rings is 1. The minimum atomic E-state index is -1.07. The third kappa shape index (κ3) is 3.33. The Morgan fingerprint density at radius 3 is 2.62 bits per heavy atom. The summed E-state index contributed by atoms with van der Waals surface area (Å²) in [6.45, 7) is 4.01. The van der Waals surface area contributed by atoms with Crippen molar-refractivity contribution in [2.24, 2.45) is 0 Å². The van der Waals surface area contributed by atoms with Gasteiger partial charge in [-0.1, -0.05) is 0 Å². The zero-order valence-electron chi connectivity index (χ0n) is 11.8. The van der Waals surface area contributed by atoms with E-state index in [-0.39, 0.29) is 11.7 Å². The monoisotopic (exact) mass is 294 g/mol. The van der Waals surface area contributed by atoms with E-state index in [0.717, 1.165) is 0 Å². The molecular weight excluding hydrogens is 276 g/mol. The molecule has 0 saturated carbocycles. The van der Waals surface area contributed by atoms with Crippen LogP contribution in [0.15, 0.2) is 12.3 Å². The van der Waals surface area contributed by atoms with E-state index < -0.39 is 5.97 Å². The zero-order chi connectivity index (χ0) is 15.4. The molecular formula is C13H18N4O4. The third-order valence-electron chi connectivity index (χ3n) is 3.22. The van der Waals surface area contributed by atoms with Crippen LogP contribution >= 0.6 is 0 Å². The van der Waals surface area contributed by atoms with Gasteiger partial charge in [0.2, 0.25) is 0 Å². The van der Waals surface area contributed by atoms with Crippen LogP contribution in [-0.2, 0) is 4.74 Å². The minimum absolute atomic E-state index is 0.0691. The number of nitrogens with zero attached hydrogens (tertiary/aromatic N) is 3. The molecule has 2 rings (SSSR count). The van der Waals surface area contributed by atoms with Crippen molar-refractivity contribution in [2.45, 2.75) is 6.92 Å². The lowest BCUT2D eigenvalue weighted by molar-refractivity contribution is 0.0696. The molecule has 1 aromatic rings. The van der Waals surface area contributed by atoms with Gasteiger partial charge in [0, 0.05) is 26.2 Å². The van der Waals surface area contributed by atoms with E-state index in [1.165, 1.54) is 12.3 Å². The normalized spacial score (nSPS) is 14.9. The zero-order valence-corrected chi connectivity index (χ0v) is 11.8. The van der Waals surface area contributed by atoms with Crippen molar-refractivity contribution in [1.29, 1.82) is 0 Å². The number of nitrogen functional groups attached to an aromatic ring is 1. The number of carboxylic acid groups (broad SMARTS) is 1. The van der Waals surface area contributed by atoms with Crippen molar-refractivity contribution in [2.75, 3.05) is 43.4 Å². The highest BCUT2D eigenvalue weighted by Crippen LogP contribution is 2.21. The Kier molecular flexibility index (Phi) is 4.46. The number of hydrogen-bond donors (Lipinski definition) is 2. The molecule has 114 valence electrons. The van der Waals surface area contributed by atoms with Crippen LogP contribution in [0.5, 0.6) is 0 Å². The minimum Gasteiger partial charge on any atom is -0.478 e. The van der Waals surface area contributed by atoms with Gasteiger partial charge in [-0.3, -0.25) is 0 Å². The van der Waals surface area contributed by atoms with Crippen LogP contribution in [0.25, 0.3) is 0 Å². The molecule has 0 spiro atoms. The van der Waals surface area contributed by atoms with Gasteiger partial charge in [-0.15, -0.1) is 0 Å². The molecule has 8 heteroatoms. The number of hydrogen-bond acceptors (Lipinski definition) is 6. The highest BCUT2D eigenvalue weighted by molar-refractivity contribution is 5.94. The van der Waals surface area contributed by atoms with E-state index in [1.807, 2.05) is 4.90 Å². The van der Waals surface area contributed by atoms with Crippen LogP contribution in [0.1, 0.15) is 17.3 Å². The molecule has 1 saturated heterocycles. The van der Waals surface area contributed by atoms with Gasteiger partial charge in [-0.05, 0) is 13.0 Å². The average Bonchev–Trinajstić information content (AvgIpc) is 2.47. The summed E-state index contributed by atoms with van der Waals surface area (Å²) in [6, 6.07) is 1.39. The van der Waals surface area contributed by atoms with Crippen LogP contribution in [0.3, 0.4) is 0 Å². The molecule has 1 amide bonds. The fourth-order valence-electron chi connectivity index (χ4n) is 2.20. The Balaban J connectivity index is 2.09. The summed E-state index contributed by atoms with van der Waals surface area (Å²) >= 11 is 0. The van der Waals surface area contributed by atoms with E-state index in [4.69, 9.17) is 10.5 Å². The van der Waals surface area contributed by atoms with Gasteiger partial charge < -0.3 is 25.4 Å². The van der Waals surface area contributed by atoms with E-state index in [9.17, 15) is 14.7 Å². The molecule has 1 aliphatic heterocycles. The van der Waals surface area contributed by atoms with Crippen molar-refractivity contribution in [3.05, 3.63) is 17.8 Å². The molecule has 0 unspecified atom stereocenters. The highest BCUT2D eigenvalue weighted by Gasteiger charge is 2.25. The third-order valence-corrected chi connectivity index (χ3v) is 3.22. The fourth-order valence-corrected chi connectivity index (χ4v) is 2.20. The van der Waals surface area contributed by atoms with Gasteiger partial charge in [-0.25, -0.2) is 14.6 Å². The first-order valence-corrected chi connectivity index (χ1v) is 6.68. The lowest BCUT2D eigenvalue weighted by Gasteiger charge is -2.35. The predicted molar refractivity (Wildman–Crippen MR) is 76.4 cm³/mol. The van der Waals surface area contributed by atoms with Crippen LogP contribution in [0.2, 0.25) is 0 Å². The number of amides is 1. The topological polar surface area (TPSA) is 109 Å². The molecule has 0 aliphatic carbocycles. The summed E-state index contributed by atoms with van der Waals surface area (Å²) in [5.41, 5.74) is 5.95. The van der Waals surface area contributed by atoms with Crippen LogP contribution < -0.4 is 10.6 Å². The first-order valence-electron chi connectivity index (χ1n) is 6.68. The number of carbonyl (C=O) groups is 2. The van der Waals surface area contributed by atoms with Gasteiger partial charge in [0.05, 0.1) is 18.5 Å². The standard InChI is InChI=1S/C13H18N4O4/c1-2-21-13(20)17-5-3-16(4-6-17)11-10(12(18)19)7-9(14)8-15-11/h7-8H,2-6,14H2,1H3,(H,18,19). The number of rotatable bonds is 3. The second-order valence-corrected chi connectivity index (χ2v) is 4.62. The number of pyridine rings is 1. The van der Waals surface area contributed by atoms with Gasteiger partial charge >= 0.3 is 12.1 Å². The highest BCUT2D eigenvalue weighted by atomic mass is 16.6.